The average Bonchev–Trinajstić information content (AvgIpc) is 3.07. The summed E-state index contributed by atoms with van der Waals surface area (Å²) in [6.45, 7) is 2.07. The van der Waals surface area contributed by atoms with Crippen LogP contribution in [0.2, 0.25) is 0 Å². The summed E-state index contributed by atoms with van der Waals surface area (Å²) in [5.74, 6) is -2.48. The molecule has 1 aliphatic carbocycles. The molecule has 0 radical (unpaired) electrons. The second kappa shape index (κ2) is 12.7. The standard InChI is InChI=1S/C23H33N3O2.C2HF3O2/c1-25(2)16-22(27)26-13-11-17(12-14-26)19-9-10-20(23(24)28)21(15-19)18-7-5-3-4-6-8-18;3-2(4,5)1(6)7/h7,9-10,15,17H,3-6,8,11-14,16H2,1-2H3,(H2,24,28);(H,6,7). The number of carboxylic acid groups (broad SMARTS) is 1. The van der Waals surface area contributed by atoms with Crippen molar-refractivity contribution in [3.63, 3.8) is 0 Å². The molecule has 1 fully saturated rings. The Hall–Kier alpha value is -2.88. The Morgan fingerprint density at radius 1 is 1.11 bits per heavy atom. The van der Waals surface area contributed by atoms with Crippen molar-refractivity contribution >= 4 is 23.4 Å². The summed E-state index contributed by atoms with van der Waals surface area (Å²) in [4.78, 5) is 37.1. The second-order valence-corrected chi connectivity index (χ2v) is 9.19. The van der Waals surface area contributed by atoms with E-state index < -0.39 is 12.1 Å². The molecule has 0 bridgehead atoms. The van der Waals surface area contributed by atoms with Gasteiger partial charge in [-0.05, 0) is 81.3 Å². The molecule has 3 rings (SSSR count). The lowest BCUT2D eigenvalue weighted by Crippen LogP contribution is -2.42. The van der Waals surface area contributed by atoms with Gasteiger partial charge >= 0.3 is 12.1 Å². The number of benzene rings is 1. The van der Waals surface area contributed by atoms with Gasteiger partial charge in [-0.1, -0.05) is 24.6 Å². The molecule has 0 spiro atoms. The van der Waals surface area contributed by atoms with E-state index in [9.17, 15) is 22.8 Å². The molecule has 0 unspecified atom stereocenters. The van der Waals surface area contributed by atoms with Crippen LogP contribution in [0.25, 0.3) is 5.57 Å². The Morgan fingerprint density at radius 3 is 2.29 bits per heavy atom. The number of halogens is 3. The molecule has 1 saturated heterocycles. The molecule has 1 aliphatic heterocycles. The van der Waals surface area contributed by atoms with Crippen LogP contribution in [0.15, 0.2) is 24.3 Å². The van der Waals surface area contributed by atoms with Gasteiger partial charge < -0.3 is 20.6 Å². The van der Waals surface area contributed by atoms with Crippen LogP contribution in [0.5, 0.6) is 0 Å². The normalized spacial score (nSPS) is 17.2. The predicted octanol–water partition coefficient (Wildman–Crippen LogP) is 4.03. The van der Waals surface area contributed by atoms with E-state index in [0.29, 0.717) is 18.0 Å². The number of aliphatic carboxylic acids is 1. The van der Waals surface area contributed by atoms with Crippen LogP contribution < -0.4 is 5.73 Å². The first-order valence-corrected chi connectivity index (χ1v) is 11.8. The monoisotopic (exact) mass is 497 g/mol. The Morgan fingerprint density at radius 2 is 1.74 bits per heavy atom. The number of hydrogen-bond acceptors (Lipinski definition) is 4. The molecular formula is C25H34F3N3O4. The van der Waals surface area contributed by atoms with Crippen molar-refractivity contribution in [1.29, 1.82) is 0 Å². The van der Waals surface area contributed by atoms with Gasteiger partial charge in [0.25, 0.3) is 0 Å². The van der Waals surface area contributed by atoms with Crippen LogP contribution >= 0.6 is 0 Å². The number of primary amides is 1. The van der Waals surface area contributed by atoms with Crippen LogP contribution in [0.1, 0.15) is 72.3 Å². The number of likely N-dealkylation sites (tertiary alicyclic amines) is 1. The fourth-order valence-corrected chi connectivity index (χ4v) is 4.39. The van der Waals surface area contributed by atoms with E-state index in [1.54, 1.807) is 0 Å². The molecule has 3 N–H and O–H groups in total. The first kappa shape index (κ1) is 28.4. The Kier molecular flexibility index (Phi) is 10.3. The lowest BCUT2D eigenvalue weighted by molar-refractivity contribution is -0.192. The van der Waals surface area contributed by atoms with Crippen molar-refractivity contribution in [2.24, 2.45) is 5.73 Å². The van der Waals surface area contributed by atoms with Gasteiger partial charge in [-0.2, -0.15) is 13.2 Å². The van der Waals surface area contributed by atoms with Gasteiger partial charge in [-0.15, -0.1) is 0 Å². The molecule has 1 aromatic rings. The van der Waals surface area contributed by atoms with Crippen molar-refractivity contribution in [2.75, 3.05) is 33.7 Å². The van der Waals surface area contributed by atoms with Gasteiger partial charge in [0, 0.05) is 18.7 Å². The van der Waals surface area contributed by atoms with E-state index in [1.807, 2.05) is 30.0 Å². The van der Waals surface area contributed by atoms with Crippen molar-refractivity contribution in [1.82, 2.24) is 9.80 Å². The van der Waals surface area contributed by atoms with Crippen LogP contribution in [0.3, 0.4) is 0 Å². The fraction of sp³-hybridized carbons (Fsp3) is 0.560. The number of amides is 2. The second-order valence-electron chi connectivity index (χ2n) is 9.19. The van der Waals surface area contributed by atoms with Gasteiger partial charge in [-0.25, -0.2) is 4.79 Å². The number of carboxylic acids is 1. The van der Waals surface area contributed by atoms with E-state index >= 15 is 0 Å². The van der Waals surface area contributed by atoms with E-state index in [-0.39, 0.29) is 11.8 Å². The molecule has 0 saturated carbocycles. The number of rotatable bonds is 5. The highest BCUT2D eigenvalue weighted by Gasteiger charge is 2.38. The highest BCUT2D eigenvalue weighted by Crippen LogP contribution is 2.34. The minimum Gasteiger partial charge on any atom is -0.475 e. The predicted molar refractivity (Wildman–Crippen MR) is 127 cm³/mol. The molecule has 35 heavy (non-hydrogen) atoms. The molecule has 10 heteroatoms. The van der Waals surface area contributed by atoms with Crippen LogP contribution in [-0.4, -0.2) is 72.6 Å². The smallest absolute Gasteiger partial charge is 0.475 e. The summed E-state index contributed by atoms with van der Waals surface area (Å²) in [7, 11) is 3.85. The summed E-state index contributed by atoms with van der Waals surface area (Å²) < 4.78 is 31.7. The Labute approximate surface area is 203 Å². The van der Waals surface area contributed by atoms with Crippen molar-refractivity contribution in [3.8, 4) is 0 Å². The van der Waals surface area contributed by atoms with Crippen molar-refractivity contribution in [3.05, 3.63) is 41.0 Å². The SMILES string of the molecule is CN(C)CC(=O)N1CCC(c2ccc(C(N)=O)c(C3=CCCCCC3)c2)CC1.O=C(O)C(F)(F)F. The van der Waals surface area contributed by atoms with Crippen molar-refractivity contribution in [2.45, 2.75) is 57.0 Å². The van der Waals surface area contributed by atoms with Gasteiger partial charge in [0.05, 0.1) is 6.54 Å². The summed E-state index contributed by atoms with van der Waals surface area (Å²) in [6, 6.07) is 6.16. The van der Waals surface area contributed by atoms with Crippen LogP contribution in [0.4, 0.5) is 13.2 Å². The van der Waals surface area contributed by atoms with Gasteiger partial charge in [0.1, 0.15) is 0 Å². The third-order valence-corrected chi connectivity index (χ3v) is 6.21. The Bertz CT molecular complexity index is 936. The number of likely N-dealkylation sites (N-methyl/N-ethyl adjacent to an activating group) is 1. The largest absolute Gasteiger partial charge is 0.490 e. The zero-order valence-electron chi connectivity index (χ0n) is 20.2. The molecule has 1 aromatic carbocycles. The quantitative estimate of drug-likeness (QED) is 0.639. The first-order valence-electron chi connectivity index (χ1n) is 11.8. The molecule has 2 aliphatic rings. The molecule has 0 atom stereocenters. The number of allylic oxidation sites excluding steroid dienone is 2. The highest BCUT2D eigenvalue weighted by atomic mass is 19.4. The summed E-state index contributed by atoms with van der Waals surface area (Å²) in [5, 5.41) is 7.12. The van der Waals surface area contributed by atoms with Crippen molar-refractivity contribution < 1.29 is 32.7 Å². The number of carbonyl (C=O) groups excluding carboxylic acids is 2. The molecular weight excluding hydrogens is 463 g/mol. The van der Waals surface area contributed by atoms with Gasteiger partial charge in [-0.3, -0.25) is 9.59 Å². The maximum Gasteiger partial charge on any atom is 0.490 e. The lowest BCUT2D eigenvalue weighted by atomic mass is 9.85. The molecule has 194 valence electrons. The number of hydrogen-bond donors (Lipinski definition) is 2. The van der Waals surface area contributed by atoms with E-state index in [1.165, 1.54) is 30.4 Å². The van der Waals surface area contributed by atoms with Crippen LogP contribution in [0, 0.1) is 0 Å². The number of nitrogens with two attached hydrogens (primary N) is 1. The van der Waals surface area contributed by atoms with E-state index in [4.69, 9.17) is 15.6 Å². The topological polar surface area (TPSA) is 104 Å². The molecule has 2 amide bonds. The third kappa shape index (κ3) is 8.69. The van der Waals surface area contributed by atoms with E-state index in [0.717, 1.165) is 44.3 Å². The average molecular weight is 498 g/mol. The minimum absolute atomic E-state index is 0.205. The van der Waals surface area contributed by atoms with E-state index in [2.05, 4.69) is 18.2 Å². The van der Waals surface area contributed by atoms with Gasteiger partial charge in [0.15, 0.2) is 0 Å². The maximum absolute atomic E-state index is 12.3. The lowest BCUT2D eigenvalue weighted by Gasteiger charge is -2.33. The molecule has 0 aromatic heterocycles. The Balaban J connectivity index is 0.000000540. The zero-order chi connectivity index (χ0) is 26.2. The summed E-state index contributed by atoms with van der Waals surface area (Å²) >= 11 is 0. The number of piperidine rings is 1. The first-order chi connectivity index (χ1) is 16.4. The van der Waals surface area contributed by atoms with Gasteiger partial charge in [0.2, 0.25) is 11.8 Å². The minimum atomic E-state index is -5.08. The number of alkyl halides is 3. The highest BCUT2D eigenvalue weighted by molar-refractivity contribution is 5.98. The summed E-state index contributed by atoms with van der Waals surface area (Å²) in [6.07, 6.45) is 4.85. The van der Waals surface area contributed by atoms with Crippen LogP contribution in [-0.2, 0) is 9.59 Å². The number of nitrogens with zero attached hydrogens (tertiary/aromatic N) is 2. The zero-order valence-corrected chi connectivity index (χ0v) is 20.2. The molecule has 1 heterocycles. The number of carbonyl (C=O) groups is 3. The third-order valence-electron chi connectivity index (χ3n) is 6.21. The summed E-state index contributed by atoms with van der Waals surface area (Å²) in [5.41, 5.74) is 9.86. The molecule has 7 nitrogen and oxygen atoms in total. The maximum atomic E-state index is 12.3. The fourth-order valence-electron chi connectivity index (χ4n) is 4.39.